The molecule has 0 amide bonds. The van der Waals surface area contributed by atoms with Crippen LogP contribution < -0.4 is 5.56 Å². The quantitative estimate of drug-likeness (QED) is 0.741. The number of alkyl halides is 2. The molecule has 8 heteroatoms. The molecule has 0 aliphatic rings. The number of nitrogens with one attached hydrogen (secondary N) is 1. The maximum atomic E-state index is 11.6. The molecule has 0 saturated heterocycles. The van der Waals surface area contributed by atoms with Gasteiger partial charge in [-0.25, -0.2) is 9.97 Å². The predicted octanol–water partition coefficient (Wildman–Crippen LogP) is 2.95. The van der Waals surface area contributed by atoms with Gasteiger partial charge in [-0.15, -0.1) is 0 Å². The molecule has 0 fully saturated rings. The first-order valence-corrected chi connectivity index (χ1v) is 7.75. The van der Waals surface area contributed by atoms with Gasteiger partial charge in [-0.1, -0.05) is 53.5 Å². The van der Waals surface area contributed by atoms with Gasteiger partial charge >= 0.3 is 0 Å². The van der Waals surface area contributed by atoms with Crippen molar-refractivity contribution in [3.05, 3.63) is 58.9 Å². The normalized spacial score (nSPS) is 11.9. The van der Waals surface area contributed by atoms with E-state index >= 15 is 0 Å². The molecule has 0 atom stereocenters. The fraction of sp³-hybridized carbons (Fsp3) is 0.154. The summed E-state index contributed by atoms with van der Waals surface area (Å²) in [4.78, 5) is 22.2. The number of hydrogen-bond acceptors (Lipinski definition) is 4. The van der Waals surface area contributed by atoms with Gasteiger partial charge in [-0.2, -0.15) is 0 Å². The maximum absolute atomic E-state index is 11.6. The van der Waals surface area contributed by atoms with Gasteiger partial charge in [-0.05, 0) is 17.5 Å². The smallest absolute Gasteiger partial charge is 0.278 e. The Balaban J connectivity index is 1.84. The van der Waals surface area contributed by atoms with Crippen LogP contribution >= 0.6 is 35.1 Å². The molecule has 2 heterocycles. The molecule has 1 aromatic carbocycles. The van der Waals surface area contributed by atoms with Crippen LogP contribution in [0.15, 0.2) is 47.8 Å². The van der Waals surface area contributed by atoms with Crippen molar-refractivity contribution in [3.63, 3.8) is 0 Å². The third-order valence-electron chi connectivity index (χ3n) is 2.89. The lowest BCUT2D eigenvalue weighted by Gasteiger charge is -2.19. The standard InChI is InChI=1S/C13H10Cl2N4OS/c14-13(15,9-4-2-1-3-5-9)6-21-19-8-18-10-11(19)16-7-17-12(10)20/h1-5,7-8H,6H2,(H,16,17,20). The van der Waals surface area contributed by atoms with Gasteiger partial charge in [0.25, 0.3) is 5.56 Å². The summed E-state index contributed by atoms with van der Waals surface area (Å²) < 4.78 is 0.650. The van der Waals surface area contributed by atoms with Gasteiger partial charge in [0, 0.05) is 0 Å². The lowest BCUT2D eigenvalue weighted by molar-refractivity contribution is 0.987. The van der Waals surface area contributed by atoms with E-state index in [9.17, 15) is 4.79 Å². The Kier molecular flexibility index (Phi) is 3.93. The summed E-state index contributed by atoms with van der Waals surface area (Å²) in [7, 11) is 0. The number of halogens is 2. The van der Waals surface area contributed by atoms with Gasteiger partial charge in [0.05, 0.1) is 12.1 Å². The van der Waals surface area contributed by atoms with E-state index in [1.54, 1.807) is 3.97 Å². The van der Waals surface area contributed by atoms with Crippen LogP contribution in [0, 0.1) is 0 Å². The molecule has 0 bridgehead atoms. The van der Waals surface area contributed by atoms with E-state index < -0.39 is 4.33 Å². The highest BCUT2D eigenvalue weighted by Crippen LogP contribution is 2.37. The van der Waals surface area contributed by atoms with Crippen molar-refractivity contribution in [2.24, 2.45) is 0 Å². The summed E-state index contributed by atoms with van der Waals surface area (Å²) in [6.45, 7) is 0. The number of imidazole rings is 1. The molecular weight excluding hydrogens is 331 g/mol. The molecule has 3 rings (SSSR count). The van der Waals surface area contributed by atoms with Crippen molar-refractivity contribution in [2.75, 3.05) is 5.75 Å². The van der Waals surface area contributed by atoms with Crippen LogP contribution in [0.25, 0.3) is 11.2 Å². The number of fused-ring (bicyclic) bond motifs is 1. The predicted molar refractivity (Wildman–Crippen MR) is 85.8 cm³/mol. The molecule has 5 nitrogen and oxygen atoms in total. The molecule has 108 valence electrons. The van der Waals surface area contributed by atoms with Crippen LogP contribution in [0.1, 0.15) is 5.56 Å². The first-order chi connectivity index (χ1) is 10.1. The Morgan fingerprint density at radius 2 is 2.00 bits per heavy atom. The second-order valence-electron chi connectivity index (χ2n) is 4.32. The van der Waals surface area contributed by atoms with Gasteiger partial charge in [0.1, 0.15) is 6.33 Å². The topological polar surface area (TPSA) is 63.6 Å². The van der Waals surface area contributed by atoms with Gasteiger partial charge in [0.2, 0.25) is 0 Å². The monoisotopic (exact) mass is 340 g/mol. The van der Waals surface area contributed by atoms with Gasteiger partial charge < -0.3 is 4.98 Å². The number of rotatable bonds is 4. The highest BCUT2D eigenvalue weighted by atomic mass is 35.5. The number of aromatic nitrogens is 4. The molecule has 0 radical (unpaired) electrons. The third-order valence-corrected chi connectivity index (χ3v) is 5.02. The van der Waals surface area contributed by atoms with Crippen molar-refractivity contribution in [1.82, 2.24) is 18.9 Å². The number of hydrogen-bond donors (Lipinski definition) is 1. The van der Waals surface area contributed by atoms with E-state index in [0.717, 1.165) is 5.56 Å². The highest BCUT2D eigenvalue weighted by molar-refractivity contribution is 7.98. The van der Waals surface area contributed by atoms with Crippen molar-refractivity contribution >= 4 is 46.3 Å². The number of nitrogens with zero attached hydrogens (tertiary/aromatic N) is 3. The largest absolute Gasteiger partial charge is 0.311 e. The van der Waals surface area contributed by atoms with E-state index in [4.69, 9.17) is 23.2 Å². The van der Waals surface area contributed by atoms with Crippen LogP contribution in [-0.2, 0) is 4.33 Å². The maximum Gasteiger partial charge on any atom is 0.278 e. The fourth-order valence-electron chi connectivity index (χ4n) is 1.84. The summed E-state index contributed by atoms with van der Waals surface area (Å²) in [6, 6.07) is 9.41. The first kappa shape index (κ1) is 14.4. The summed E-state index contributed by atoms with van der Waals surface area (Å²) in [5.74, 6) is 0.389. The summed E-state index contributed by atoms with van der Waals surface area (Å²) in [5.41, 5.74) is 1.32. The van der Waals surface area contributed by atoms with Crippen molar-refractivity contribution in [3.8, 4) is 0 Å². The minimum Gasteiger partial charge on any atom is -0.311 e. The Bertz CT molecular complexity index is 816. The molecule has 21 heavy (non-hydrogen) atoms. The molecular formula is C13H10Cl2N4OS. The zero-order valence-electron chi connectivity index (χ0n) is 10.7. The van der Waals surface area contributed by atoms with E-state index in [0.29, 0.717) is 16.9 Å². The van der Waals surface area contributed by atoms with Crippen LogP contribution in [0.5, 0.6) is 0 Å². The van der Waals surface area contributed by atoms with Gasteiger partial charge in [0.15, 0.2) is 15.5 Å². The summed E-state index contributed by atoms with van der Waals surface area (Å²) in [6.07, 6.45) is 2.88. The van der Waals surface area contributed by atoms with Crippen molar-refractivity contribution in [1.29, 1.82) is 0 Å². The molecule has 0 spiro atoms. The SMILES string of the molecule is O=c1[nH]cnc2c1ncn2SCC(Cl)(Cl)c1ccccc1. The van der Waals surface area contributed by atoms with Crippen LogP contribution in [0.4, 0.5) is 0 Å². The molecule has 0 saturated carbocycles. The minimum absolute atomic E-state index is 0.273. The number of benzene rings is 1. The minimum atomic E-state index is -1.04. The number of H-pyrrole nitrogens is 1. The molecule has 3 aromatic rings. The Morgan fingerprint density at radius 1 is 1.24 bits per heavy atom. The lowest BCUT2D eigenvalue weighted by atomic mass is 10.2. The van der Waals surface area contributed by atoms with Gasteiger partial charge in [-0.3, -0.25) is 8.77 Å². The zero-order valence-corrected chi connectivity index (χ0v) is 13.0. The number of aromatic amines is 1. The highest BCUT2D eigenvalue weighted by Gasteiger charge is 2.27. The van der Waals surface area contributed by atoms with E-state index in [2.05, 4.69) is 15.0 Å². The molecule has 0 aliphatic heterocycles. The van der Waals surface area contributed by atoms with Crippen molar-refractivity contribution in [2.45, 2.75) is 4.33 Å². The van der Waals surface area contributed by atoms with E-state index in [-0.39, 0.29) is 5.56 Å². The van der Waals surface area contributed by atoms with Crippen LogP contribution in [0.3, 0.4) is 0 Å². The molecule has 2 aromatic heterocycles. The summed E-state index contributed by atoms with van der Waals surface area (Å²) in [5, 5.41) is 0. The third kappa shape index (κ3) is 2.92. The second kappa shape index (κ2) is 5.71. The average molecular weight is 341 g/mol. The summed E-state index contributed by atoms with van der Waals surface area (Å²) >= 11 is 14.1. The van der Waals surface area contributed by atoms with Crippen molar-refractivity contribution < 1.29 is 0 Å². The lowest BCUT2D eigenvalue weighted by Crippen LogP contribution is -2.14. The molecule has 0 aliphatic carbocycles. The Labute approximate surface area is 134 Å². The molecule has 1 N–H and O–H groups in total. The Hall–Kier alpha value is -1.50. The van der Waals surface area contributed by atoms with Crippen LogP contribution in [-0.4, -0.2) is 24.7 Å². The van der Waals surface area contributed by atoms with E-state index in [1.807, 2.05) is 30.3 Å². The second-order valence-corrected chi connectivity index (χ2v) is 6.74. The Morgan fingerprint density at radius 3 is 2.76 bits per heavy atom. The average Bonchev–Trinajstić information content (AvgIpc) is 2.91. The van der Waals surface area contributed by atoms with E-state index in [1.165, 1.54) is 24.6 Å². The van der Waals surface area contributed by atoms with Crippen LogP contribution in [0.2, 0.25) is 0 Å². The molecule has 0 unspecified atom stereocenters. The first-order valence-electron chi connectivity index (χ1n) is 6.05. The zero-order chi connectivity index (χ0) is 14.9. The fourth-order valence-corrected chi connectivity index (χ4v) is 3.22.